The van der Waals surface area contributed by atoms with Gasteiger partial charge in [-0.2, -0.15) is 0 Å². The zero-order valence-electron chi connectivity index (χ0n) is 11.4. The fourth-order valence-electron chi connectivity index (χ4n) is 1.91. The van der Waals surface area contributed by atoms with Crippen molar-refractivity contribution in [3.05, 3.63) is 5.51 Å². The quantitative estimate of drug-likeness (QED) is 0.794. The van der Waals surface area contributed by atoms with Gasteiger partial charge in [0.15, 0.2) is 0 Å². The molecule has 110 valence electrons. The van der Waals surface area contributed by atoms with E-state index in [0.717, 1.165) is 0 Å². The van der Waals surface area contributed by atoms with Gasteiger partial charge >= 0.3 is 5.97 Å². The number of ether oxygens (including phenoxy) is 2. The molecule has 0 bridgehead atoms. The van der Waals surface area contributed by atoms with Gasteiger partial charge in [-0.05, 0) is 13.8 Å². The molecule has 0 radical (unpaired) electrons. The number of esters is 1. The van der Waals surface area contributed by atoms with Crippen molar-refractivity contribution in [1.29, 1.82) is 0 Å². The van der Waals surface area contributed by atoms with Crippen molar-refractivity contribution in [2.45, 2.75) is 38.9 Å². The molecule has 20 heavy (non-hydrogen) atoms. The van der Waals surface area contributed by atoms with Crippen molar-refractivity contribution < 1.29 is 19.1 Å². The summed E-state index contributed by atoms with van der Waals surface area (Å²) < 4.78 is 10.6. The molecule has 2 rings (SSSR count). The predicted octanol–water partition coefficient (Wildman–Crippen LogP) is 1.22. The second-order valence-corrected chi connectivity index (χ2v) is 5.70. The zero-order chi connectivity index (χ0) is 14.5. The Labute approximate surface area is 120 Å². The minimum absolute atomic E-state index is 0.0912. The molecular formula is C12H17N3O4S. The Morgan fingerprint density at radius 3 is 3.10 bits per heavy atom. The van der Waals surface area contributed by atoms with E-state index in [1.165, 1.54) is 16.8 Å². The van der Waals surface area contributed by atoms with Crippen LogP contribution in [0.4, 0.5) is 5.13 Å². The molecule has 1 aliphatic heterocycles. The number of hydrogen-bond donors (Lipinski definition) is 1. The van der Waals surface area contributed by atoms with E-state index in [1.807, 2.05) is 13.8 Å². The molecule has 1 aromatic heterocycles. The number of nitrogens with one attached hydrogen (secondary N) is 1. The minimum Gasteiger partial charge on any atom is -0.460 e. The molecule has 0 spiro atoms. The maximum atomic E-state index is 11.8. The van der Waals surface area contributed by atoms with E-state index >= 15 is 0 Å². The first-order valence-electron chi connectivity index (χ1n) is 6.42. The fraction of sp³-hybridized carbons (Fsp3) is 0.667. The third kappa shape index (κ3) is 4.24. The Kier molecular flexibility index (Phi) is 5.02. The van der Waals surface area contributed by atoms with E-state index < -0.39 is 5.92 Å². The Morgan fingerprint density at radius 1 is 1.65 bits per heavy atom. The topological polar surface area (TPSA) is 90.4 Å². The first-order chi connectivity index (χ1) is 9.54. The van der Waals surface area contributed by atoms with Crippen LogP contribution in [0.5, 0.6) is 0 Å². The molecule has 1 saturated heterocycles. The number of carbonyl (C=O) groups excluding carboxylic acids is 2. The largest absolute Gasteiger partial charge is 0.460 e. The number of aromatic nitrogens is 2. The average Bonchev–Trinajstić information content (AvgIpc) is 2.98. The Balaban J connectivity index is 1.78. The number of cyclic esters (lactones) is 1. The van der Waals surface area contributed by atoms with E-state index in [9.17, 15) is 9.59 Å². The van der Waals surface area contributed by atoms with Crippen molar-refractivity contribution in [2.75, 3.05) is 11.9 Å². The van der Waals surface area contributed by atoms with Gasteiger partial charge in [-0.25, -0.2) is 0 Å². The molecule has 7 nitrogen and oxygen atoms in total. The van der Waals surface area contributed by atoms with Gasteiger partial charge in [0, 0.05) is 12.8 Å². The van der Waals surface area contributed by atoms with Crippen molar-refractivity contribution >= 4 is 28.3 Å². The SMILES string of the molecule is CC(C)OCC1CC(CC(=O)Nc2nncs2)C(=O)O1. The van der Waals surface area contributed by atoms with E-state index in [0.29, 0.717) is 18.2 Å². The molecule has 0 saturated carbocycles. The lowest BCUT2D eigenvalue weighted by molar-refractivity contribution is -0.147. The third-order valence-corrected chi connectivity index (χ3v) is 3.42. The standard InChI is InChI=1S/C12H17N3O4S/c1-7(2)18-5-9-3-8(11(17)19-9)4-10(16)14-12-15-13-6-20-12/h6-9H,3-5H2,1-2H3,(H,14,15,16). The monoisotopic (exact) mass is 299 g/mol. The summed E-state index contributed by atoms with van der Waals surface area (Å²) in [7, 11) is 0. The van der Waals surface area contributed by atoms with Gasteiger partial charge in [0.25, 0.3) is 0 Å². The molecule has 8 heteroatoms. The molecule has 2 heterocycles. The Morgan fingerprint density at radius 2 is 2.45 bits per heavy atom. The van der Waals surface area contributed by atoms with E-state index in [1.54, 1.807) is 0 Å². The molecule has 1 aliphatic rings. The highest BCUT2D eigenvalue weighted by molar-refractivity contribution is 7.13. The van der Waals surface area contributed by atoms with Gasteiger partial charge in [-0.15, -0.1) is 10.2 Å². The number of amides is 1. The summed E-state index contributed by atoms with van der Waals surface area (Å²) >= 11 is 1.23. The maximum Gasteiger partial charge on any atom is 0.309 e. The van der Waals surface area contributed by atoms with Crippen LogP contribution in [-0.2, 0) is 19.1 Å². The molecule has 1 aromatic rings. The van der Waals surface area contributed by atoms with E-state index in [2.05, 4.69) is 15.5 Å². The lowest BCUT2D eigenvalue weighted by atomic mass is 10.0. The van der Waals surface area contributed by atoms with Crippen LogP contribution < -0.4 is 5.32 Å². The van der Waals surface area contributed by atoms with Crippen LogP contribution in [0.15, 0.2) is 5.51 Å². The first-order valence-corrected chi connectivity index (χ1v) is 7.30. The average molecular weight is 299 g/mol. The van der Waals surface area contributed by atoms with Crippen LogP contribution in [0.25, 0.3) is 0 Å². The summed E-state index contributed by atoms with van der Waals surface area (Å²) in [5.74, 6) is -1.01. The van der Waals surface area contributed by atoms with Crippen LogP contribution in [0.1, 0.15) is 26.7 Å². The molecule has 2 unspecified atom stereocenters. The molecular weight excluding hydrogens is 282 g/mol. The summed E-state index contributed by atoms with van der Waals surface area (Å²) in [4.78, 5) is 23.5. The first kappa shape index (κ1) is 14.9. The molecule has 0 aliphatic carbocycles. The normalized spacial score (nSPS) is 22.1. The summed E-state index contributed by atoms with van der Waals surface area (Å²) in [6.45, 7) is 4.21. The molecule has 2 atom stereocenters. The highest BCUT2D eigenvalue weighted by atomic mass is 32.1. The van der Waals surface area contributed by atoms with Crippen molar-refractivity contribution in [1.82, 2.24) is 10.2 Å². The van der Waals surface area contributed by atoms with Gasteiger partial charge in [0.1, 0.15) is 11.6 Å². The summed E-state index contributed by atoms with van der Waals surface area (Å²) in [6.07, 6.45) is 0.434. The summed E-state index contributed by atoms with van der Waals surface area (Å²) in [6, 6.07) is 0. The number of anilines is 1. The Bertz CT molecular complexity index is 463. The zero-order valence-corrected chi connectivity index (χ0v) is 12.2. The third-order valence-electron chi connectivity index (χ3n) is 2.82. The van der Waals surface area contributed by atoms with Gasteiger partial charge in [-0.1, -0.05) is 11.3 Å². The van der Waals surface area contributed by atoms with E-state index in [4.69, 9.17) is 9.47 Å². The number of hydrogen-bond acceptors (Lipinski definition) is 7. The van der Waals surface area contributed by atoms with Crippen molar-refractivity contribution in [3.8, 4) is 0 Å². The molecule has 0 aromatic carbocycles. The number of rotatable bonds is 6. The molecule has 1 fully saturated rings. The van der Waals surface area contributed by atoms with Gasteiger partial charge in [-0.3, -0.25) is 9.59 Å². The minimum atomic E-state index is -0.413. The van der Waals surface area contributed by atoms with Gasteiger partial charge in [0.05, 0.1) is 18.6 Å². The fourth-order valence-corrected chi connectivity index (χ4v) is 2.37. The molecule has 1 N–H and O–H groups in total. The van der Waals surface area contributed by atoms with Crippen molar-refractivity contribution in [2.24, 2.45) is 5.92 Å². The predicted molar refractivity (Wildman–Crippen MR) is 72.2 cm³/mol. The van der Waals surface area contributed by atoms with Crippen LogP contribution in [0.3, 0.4) is 0 Å². The highest BCUT2D eigenvalue weighted by Gasteiger charge is 2.36. The summed E-state index contributed by atoms with van der Waals surface area (Å²) in [5, 5.41) is 10.4. The Hall–Kier alpha value is -1.54. The van der Waals surface area contributed by atoms with Crippen molar-refractivity contribution in [3.63, 3.8) is 0 Å². The van der Waals surface area contributed by atoms with E-state index in [-0.39, 0.29) is 30.5 Å². The van der Waals surface area contributed by atoms with Gasteiger partial charge < -0.3 is 14.8 Å². The second kappa shape index (κ2) is 6.76. The maximum absolute atomic E-state index is 11.8. The second-order valence-electron chi connectivity index (χ2n) is 4.87. The van der Waals surface area contributed by atoms with Crippen LogP contribution in [-0.4, -0.2) is 40.9 Å². The lowest BCUT2D eigenvalue weighted by Crippen LogP contribution is -2.19. The number of nitrogens with zero attached hydrogens (tertiary/aromatic N) is 2. The smallest absolute Gasteiger partial charge is 0.309 e. The molecule has 1 amide bonds. The lowest BCUT2D eigenvalue weighted by Gasteiger charge is -2.11. The summed E-state index contributed by atoms with van der Waals surface area (Å²) in [5.41, 5.74) is 1.53. The van der Waals surface area contributed by atoms with Crippen LogP contribution >= 0.6 is 11.3 Å². The van der Waals surface area contributed by atoms with Crippen LogP contribution in [0, 0.1) is 5.92 Å². The van der Waals surface area contributed by atoms with Crippen LogP contribution in [0.2, 0.25) is 0 Å². The highest BCUT2D eigenvalue weighted by Crippen LogP contribution is 2.25. The van der Waals surface area contributed by atoms with Gasteiger partial charge in [0.2, 0.25) is 11.0 Å². The number of carbonyl (C=O) groups is 2.